The first kappa shape index (κ1) is 21.2. The highest BCUT2D eigenvalue weighted by Crippen LogP contribution is 2.22. The first-order valence-electron chi connectivity index (χ1n) is 7.81. The number of hydrogen-bond acceptors (Lipinski definition) is 4. The van der Waals surface area contributed by atoms with Gasteiger partial charge in [-0.25, -0.2) is 4.79 Å². The Labute approximate surface area is 154 Å². The van der Waals surface area contributed by atoms with E-state index in [0.29, 0.717) is 5.57 Å². The van der Waals surface area contributed by atoms with Crippen LogP contribution in [0.25, 0.3) is 5.57 Å². The lowest BCUT2D eigenvalue weighted by Crippen LogP contribution is -2.28. The summed E-state index contributed by atoms with van der Waals surface area (Å²) in [5, 5.41) is 8.62. The second-order valence-corrected chi connectivity index (χ2v) is 6.39. The molecular formula is C18H21ClO5S. The van der Waals surface area contributed by atoms with E-state index < -0.39 is 29.0 Å². The summed E-state index contributed by atoms with van der Waals surface area (Å²) in [6.45, 7) is 1.57. The fourth-order valence-corrected chi connectivity index (χ4v) is 3.01. The van der Waals surface area contributed by atoms with Gasteiger partial charge in [0.2, 0.25) is 10.3 Å². The number of allylic oxidation sites excluding steroid dienone is 2. The zero-order valence-electron chi connectivity index (χ0n) is 13.9. The third kappa shape index (κ3) is 7.25. The first-order chi connectivity index (χ1) is 12.0. The summed E-state index contributed by atoms with van der Waals surface area (Å²) in [4.78, 5) is 10.6. The molecule has 25 heavy (non-hydrogen) atoms. The Kier molecular flexibility index (Phi) is 9.84. The highest BCUT2D eigenvalue weighted by molar-refractivity contribution is 7.74. The number of unbranched alkanes of at least 4 members (excludes halogenated alkanes) is 1. The number of carboxylic acid groups (broad SMARTS) is 1. The van der Waals surface area contributed by atoms with E-state index in [2.05, 4.69) is 6.92 Å². The van der Waals surface area contributed by atoms with Crippen molar-refractivity contribution in [2.45, 2.75) is 25.9 Å². The van der Waals surface area contributed by atoms with Gasteiger partial charge in [-0.15, -0.1) is 11.6 Å². The molecule has 7 heteroatoms. The second kappa shape index (κ2) is 11.6. The minimum atomic E-state index is -2.50. The summed E-state index contributed by atoms with van der Waals surface area (Å²) in [5.74, 6) is -0.332. The number of halogens is 1. The summed E-state index contributed by atoms with van der Waals surface area (Å²) in [7, 11) is -2.50. The lowest BCUT2D eigenvalue weighted by atomic mass is 9.95. The van der Waals surface area contributed by atoms with Gasteiger partial charge in [0.25, 0.3) is 0 Å². The molecule has 1 atom stereocenters. The van der Waals surface area contributed by atoms with E-state index in [1.54, 1.807) is 36.4 Å². The molecule has 0 fully saturated rings. The van der Waals surface area contributed by atoms with E-state index in [0.717, 1.165) is 17.9 Å². The molecule has 1 aromatic rings. The van der Waals surface area contributed by atoms with Crippen molar-refractivity contribution < 1.29 is 23.1 Å². The molecule has 0 aliphatic heterocycles. The van der Waals surface area contributed by atoms with Crippen LogP contribution in [0.15, 0.2) is 48.6 Å². The van der Waals surface area contributed by atoms with Gasteiger partial charge in [0.05, 0.1) is 0 Å². The third-order valence-corrected chi connectivity index (χ3v) is 4.29. The fraction of sp³-hybridized carbons (Fsp3) is 0.333. The predicted octanol–water partition coefficient (Wildman–Crippen LogP) is 3.19. The number of alkyl halides is 1. The van der Waals surface area contributed by atoms with E-state index >= 15 is 0 Å². The summed E-state index contributed by atoms with van der Waals surface area (Å²) in [5.41, 5.74) is 1.25. The molecule has 0 radical (unpaired) electrons. The van der Waals surface area contributed by atoms with Gasteiger partial charge in [0.15, 0.2) is 0 Å². The van der Waals surface area contributed by atoms with Gasteiger partial charge in [-0.1, -0.05) is 61.9 Å². The maximum Gasteiger partial charge on any atom is 0.329 e. The smallest absolute Gasteiger partial charge is 0.329 e. The molecular weight excluding hydrogens is 364 g/mol. The zero-order chi connectivity index (χ0) is 18.7. The topological polar surface area (TPSA) is 80.7 Å². The molecule has 1 N–H and O–H groups in total. The Morgan fingerprint density at radius 2 is 1.96 bits per heavy atom. The molecule has 136 valence electrons. The summed E-state index contributed by atoms with van der Waals surface area (Å²) >= 11 is 5.30. The Morgan fingerprint density at radius 3 is 2.44 bits per heavy atom. The van der Waals surface area contributed by atoms with E-state index in [9.17, 15) is 13.2 Å². The molecule has 0 amide bonds. The van der Waals surface area contributed by atoms with Crippen molar-refractivity contribution in [2.75, 3.05) is 12.5 Å². The van der Waals surface area contributed by atoms with Crippen molar-refractivity contribution in [2.24, 2.45) is 0 Å². The lowest BCUT2D eigenvalue weighted by Gasteiger charge is -2.19. The number of ether oxygens (including phenoxy) is 1. The van der Waals surface area contributed by atoms with Crippen LogP contribution in [0.3, 0.4) is 0 Å². The average molecular weight is 385 g/mol. The van der Waals surface area contributed by atoms with E-state index in [4.69, 9.17) is 21.4 Å². The lowest BCUT2D eigenvalue weighted by molar-refractivity contribution is -0.142. The molecule has 1 aromatic carbocycles. The number of carbonyl (C=O) groups is 1. The second-order valence-electron chi connectivity index (χ2n) is 5.10. The standard InChI is InChI=1S/C14H12O5S.C4H9Cl/c15-13(16)9-19-12-8-4-7-11(14(12)20(17)18)10-5-2-1-3-6-10;1-2-3-4-5/h1-8,12H,9H2,(H,15,16);2-4H2,1H3. The van der Waals surface area contributed by atoms with Crippen molar-refractivity contribution in [3.05, 3.63) is 54.1 Å². The highest BCUT2D eigenvalue weighted by Gasteiger charge is 2.24. The van der Waals surface area contributed by atoms with Crippen molar-refractivity contribution in [1.29, 1.82) is 0 Å². The van der Waals surface area contributed by atoms with Crippen LogP contribution in [0.5, 0.6) is 0 Å². The van der Waals surface area contributed by atoms with Crippen molar-refractivity contribution in [3.63, 3.8) is 0 Å². The molecule has 1 aliphatic rings. The molecule has 0 heterocycles. The number of carboxylic acids is 1. The third-order valence-electron chi connectivity index (χ3n) is 3.21. The minimum Gasteiger partial charge on any atom is -0.480 e. The molecule has 1 aliphatic carbocycles. The van der Waals surface area contributed by atoms with Gasteiger partial charge >= 0.3 is 5.97 Å². The van der Waals surface area contributed by atoms with Crippen LogP contribution < -0.4 is 0 Å². The normalized spacial score (nSPS) is 15.8. The van der Waals surface area contributed by atoms with Crippen LogP contribution in [-0.2, 0) is 19.8 Å². The Balaban J connectivity index is 0.000000550. The minimum absolute atomic E-state index is 0.0416. The SMILES string of the molecule is CCCCCl.O=C(O)COC1C=CC=C(c2ccccc2)C1=S(=O)=O. The Bertz CT molecular complexity index is 741. The van der Waals surface area contributed by atoms with Crippen LogP contribution >= 0.6 is 11.6 Å². The molecule has 5 nitrogen and oxygen atoms in total. The van der Waals surface area contributed by atoms with Gasteiger partial charge in [-0.3, -0.25) is 0 Å². The number of aliphatic carboxylic acids is 1. The number of benzene rings is 1. The Morgan fingerprint density at radius 1 is 1.28 bits per heavy atom. The predicted molar refractivity (Wildman–Crippen MR) is 100 cm³/mol. The van der Waals surface area contributed by atoms with Gasteiger partial charge in [0, 0.05) is 11.5 Å². The monoisotopic (exact) mass is 384 g/mol. The Hall–Kier alpha value is -1.89. The van der Waals surface area contributed by atoms with Crippen molar-refractivity contribution in [3.8, 4) is 0 Å². The van der Waals surface area contributed by atoms with Crippen LogP contribution in [0, 0.1) is 0 Å². The molecule has 1 unspecified atom stereocenters. The summed E-state index contributed by atoms with van der Waals surface area (Å²) in [6, 6.07) is 8.99. The first-order valence-corrected chi connectivity index (χ1v) is 9.41. The summed E-state index contributed by atoms with van der Waals surface area (Å²) in [6.07, 6.45) is 6.32. The molecule has 0 saturated heterocycles. The zero-order valence-corrected chi connectivity index (χ0v) is 15.5. The highest BCUT2D eigenvalue weighted by atomic mass is 35.5. The number of rotatable bonds is 6. The van der Waals surface area contributed by atoms with Crippen LogP contribution in [-0.4, -0.2) is 42.9 Å². The van der Waals surface area contributed by atoms with Crippen LogP contribution in [0.2, 0.25) is 0 Å². The fourth-order valence-electron chi connectivity index (χ4n) is 2.04. The van der Waals surface area contributed by atoms with E-state index in [-0.39, 0.29) is 4.86 Å². The van der Waals surface area contributed by atoms with Gasteiger partial charge in [0.1, 0.15) is 17.6 Å². The average Bonchev–Trinajstić information content (AvgIpc) is 2.61. The molecule has 0 aromatic heterocycles. The maximum absolute atomic E-state index is 11.5. The molecule has 0 bridgehead atoms. The quantitative estimate of drug-likeness (QED) is 0.601. The van der Waals surface area contributed by atoms with Gasteiger partial charge in [-0.05, 0) is 12.0 Å². The van der Waals surface area contributed by atoms with E-state index in [1.807, 2.05) is 6.07 Å². The van der Waals surface area contributed by atoms with Gasteiger partial charge < -0.3 is 9.84 Å². The molecule has 2 rings (SSSR count). The largest absolute Gasteiger partial charge is 0.480 e. The number of hydrogen-bond donors (Lipinski definition) is 1. The van der Waals surface area contributed by atoms with Crippen LogP contribution in [0.1, 0.15) is 25.3 Å². The van der Waals surface area contributed by atoms with Gasteiger partial charge in [-0.2, -0.15) is 8.42 Å². The maximum atomic E-state index is 11.5. The molecule has 0 spiro atoms. The summed E-state index contributed by atoms with van der Waals surface area (Å²) < 4.78 is 28.0. The van der Waals surface area contributed by atoms with Crippen molar-refractivity contribution in [1.82, 2.24) is 0 Å². The van der Waals surface area contributed by atoms with Crippen LogP contribution in [0.4, 0.5) is 0 Å². The molecule has 0 saturated carbocycles. The van der Waals surface area contributed by atoms with E-state index in [1.165, 1.54) is 12.5 Å². The van der Waals surface area contributed by atoms with Crippen molar-refractivity contribution >= 4 is 38.3 Å².